The van der Waals surface area contributed by atoms with E-state index in [0.29, 0.717) is 16.9 Å². The summed E-state index contributed by atoms with van der Waals surface area (Å²) in [5, 5.41) is 4.02. The first-order chi connectivity index (χ1) is 14.2. The van der Waals surface area contributed by atoms with Crippen LogP contribution in [0.2, 0.25) is 5.15 Å². The molecule has 2 heterocycles. The molecule has 7 heteroatoms. The fourth-order valence-corrected chi connectivity index (χ4v) is 3.94. The van der Waals surface area contributed by atoms with Gasteiger partial charge in [0.1, 0.15) is 16.4 Å². The second-order valence-electron chi connectivity index (χ2n) is 7.69. The molecule has 1 saturated heterocycles. The molecule has 1 atom stereocenters. The summed E-state index contributed by atoms with van der Waals surface area (Å²) < 4.78 is 5.17. The average molecular weight is 424 g/mol. The van der Waals surface area contributed by atoms with Crippen molar-refractivity contribution >= 4 is 34.4 Å². The topological polar surface area (TPSA) is 71.5 Å². The van der Waals surface area contributed by atoms with Crippen LogP contribution in [0.3, 0.4) is 0 Å². The highest BCUT2D eigenvalue weighted by Crippen LogP contribution is 2.32. The molecule has 0 radical (unpaired) electrons. The summed E-state index contributed by atoms with van der Waals surface area (Å²) in [5.41, 5.74) is 3.15. The number of carbonyl (C=O) groups excluding carboxylic acids is 2. The van der Waals surface area contributed by atoms with Crippen molar-refractivity contribution < 1.29 is 14.3 Å². The molecule has 2 aromatic carbocycles. The zero-order valence-electron chi connectivity index (χ0n) is 17.2. The third-order valence-electron chi connectivity index (χ3n) is 5.81. The lowest BCUT2D eigenvalue weighted by Crippen LogP contribution is -2.40. The Morgan fingerprint density at radius 1 is 1.13 bits per heavy atom. The van der Waals surface area contributed by atoms with Gasteiger partial charge in [0.05, 0.1) is 19.2 Å². The summed E-state index contributed by atoms with van der Waals surface area (Å²) >= 11 is 6.43. The van der Waals surface area contributed by atoms with Gasteiger partial charge in [-0.25, -0.2) is 9.78 Å². The third-order valence-corrected chi connectivity index (χ3v) is 6.14. The minimum atomic E-state index is -1.16. The molecule has 3 aromatic rings. The molecule has 1 N–H and O–H groups in total. The van der Waals surface area contributed by atoms with Crippen molar-refractivity contribution in [3.8, 4) is 5.75 Å². The number of benzene rings is 2. The van der Waals surface area contributed by atoms with Crippen LogP contribution < -0.4 is 10.1 Å². The van der Waals surface area contributed by atoms with E-state index >= 15 is 0 Å². The molecular formula is C23H22ClN3O3. The van der Waals surface area contributed by atoms with Crippen molar-refractivity contribution in [2.75, 3.05) is 7.11 Å². The zero-order chi connectivity index (χ0) is 21.6. The van der Waals surface area contributed by atoms with Crippen molar-refractivity contribution in [3.05, 3.63) is 69.9 Å². The monoisotopic (exact) mass is 423 g/mol. The van der Waals surface area contributed by atoms with E-state index in [1.54, 1.807) is 38.3 Å². The Kier molecular flexibility index (Phi) is 4.90. The van der Waals surface area contributed by atoms with Gasteiger partial charge in [0.25, 0.3) is 5.91 Å². The van der Waals surface area contributed by atoms with Crippen molar-refractivity contribution in [2.45, 2.75) is 32.9 Å². The highest BCUT2D eigenvalue weighted by atomic mass is 35.5. The van der Waals surface area contributed by atoms with Gasteiger partial charge in [-0.2, -0.15) is 0 Å². The Hall–Kier alpha value is -3.12. The first kappa shape index (κ1) is 20.2. The van der Waals surface area contributed by atoms with Crippen LogP contribution in [-0.4, -0.2) is 28.9 Å². The van der Waals surface area contributed by atoms with Crippen LogP contribution >= 0.6 is 11.6 Å². The number of ether oxygens (including phenoxy) is 1. The first-order valence-corrected chi connectivity index (χ1v) is 9.96. The average Bonchev–Trinajstić information content (AvgIpc) is 2.96. The van der Waals surface area contributed by atoms with E-state index in [9.17, 15) is 9.59 Å². The number of hydrogen-bond donors (Lipinski definition) is 1. The van der Waals surface area contributed by atoms with E-state index in [-0.39, 0.29) is 17.6 Å². The van der Waals surface area contributed by atoms with Gasteiger partial charge < -0.3 is 10.1 Å². The maximum atomic E-state index is 13.2. The molecule has 0 unspecified atom stereocenters. The number of nitrogens with zero attached hydrogens (tertiary/aromatic N) is 2. The van der Waals surface area contributed by atoms with Gasteiger partial charge in [-0.05, 0) is 55.7 Å². The molecule has 1 aliphatic heterocycles. The normalized spacial score (nSPS) is 18.8. The van der Waals surface area contributed by atoms with Gasteiger partial charge in [-0.15, -0.1) is 0 Å². The number of aryl methyl sites for hydroxylation is 2. The molecule has 0 saturated carbocycles. The summed E-state index contributed by atoms with van der Waals surface area (Å²) in [5.74, 6) is 0.337. The summed E-state index contributed by atoms with van der Waals surface area (Å²) in [6.45, 7) is 5.76. The van der Waals surface area contributed by atoms with Crippen molar-refractivity contribution in [2.24, 2.45) is 0 Å². The Labute approximate surface area is 179 Å². The predicted molar refractivity (Wildman–Crippen MR) is 116 cm³/mol. The number of aromatic nitrogens is 1. The number of rotatable bonds is 4. The number of nitrogens with one attached hydrogen (secondary N) is 1. The molecule has 6 nitrogen and oxygen atoms in total. The van der Waals surface area contributed by atoms with E-state index in [0.717, 1.165) is 22.0 Å². The maximum absolute atomic E-state index is 13.2. The fourth-order valence-electron chi connectivity index (χ4n) is 3.75. The van der Waals surface area contributed by atoms with Gasteiger partial charge in [0, 0.05) is 10.9 Å². The standard InChI is InChI=1S/C23H22ClN3O3/c1-13-5-6-15-11-16(20(24)25-19(15)14(13)2)12-27-21(28)23(3,26-22(27)29)17-7-9-18(30-4)10-8-17/h5-11H,12H2,1-4H3,(H,26,29)/t23-/m0/s1. The lowest BCUT2D eigenvalue weighted by atomic mass is 9.92. The Bertz CT molecular complexity index is 1180. The van der Waals surface area contributed by atoms with Crippen LogP contribution in [0.25, 0.3) is 10.9 Å². The number of pyridine rings is 1. The number of amides is 3. The lowest BCUT2D eigenvalue weighted by molar-refractivity contribution is -0.131. The van der Waals surface area contributed by atoms with Gasteiger partial charge in [-0.3, -0.25) is 9.69 Å². The van der Waals surface area contributed by atoms with E-state index in [2.05, 4.69) is 10.3 Å². The number of methoxy groups -OCH3 is 1. The molecule has 1 fully saturated rings. The van der Waals surface area contributed by atoms with Crippen LogP contribution in [0.5, 0.6) is 5.75 Å². The molecular weight excluding hydrogens is 402 g/mol. The Balaban J connectivity index is 1.66. The van der Waals surface area contributed by atoms with Crippen LogP contribution in [0.15, 0.2) is 42.5 Å². The summed E-state index contributed by atoms with van der Waals surface area (Å²) in [7, 11) is 1.57. The quantitative estimate of drug-likeness (QED) is 0.496. The third kappa shape index (κ3) is 3.17. The molecule has 4 rings (SSSR count). The first-order valence-electron chi connectivity index (χ1n) is 9.58. The smallest absolute Gasteiger partial charge is 0.325 e. The SMILES string of the molecule is COc1ccc([C@]2(C)NC(=O)N(Cc3cc4ccc(C)c(C)c4nc3Cl)C2=O)cc1. The van der Waals surface area contributed by atoms with Crippen LogP contribution in [0, 0.1) is 13.8 Å². The van der Waals surface area contributed by atoms with Crippen molar-refractivity contribution in [1.29, 1.82) is 0 Å². The highest BCUT2D eigenvalue weighted by Gasteiger charge is 2.49. The van der Waals surface area contributed by atoms with Crippen LogP contribution in [0.1, 0.15) is 29.2 Å². The molecule has 1 aromatic heterocycles. The number of carbonyl (C=O) groups is 2. The minimum Gasteiger partial charge on any atom is -0.497 e. The number of urea groups is 1. The molecule has 0 bridgehead atoms. The van der Waals surface area contributed by atoms with Crippen molar-refractivity contribution in [1.82, 2.24) is 15.2 Å². The molecule has 0 spiro atoms. The van der Waals surface area contributed by atoms with E-state index in [1.165, 1.54) is 4.90 Å². The van der Waals surface area contributed by atoms with Crippen molar-refractivity contribution in [3.63, 3.8) is 0 Å². The molecule has 1 aliphatic rings. The molecule has 0 aliphatic carbocycles. The van der Waals surface area contributed by atoms with Gasteiger partial charge in [0.15, 0.2) is 0 Å². The minimum absolute atomic E-state index is 0.0467. The summed E-state index contributed by atoms with van der Waals surface area (Å²) in [4.78, 5) is 31.6. The largest absolute Gasteiger partial charge is 0.497 e. The zero-order valence-corrected chi connectivity index (χ0v) is 18.0. The van der Waals surface area contributed by atoms with Crippen LogP contribution in [0.4, 0.5) is 4.79 Å². The second-order valence-corrected chi connectivity index (χ2v) is 8.05. The maximum Gasteiger partial charge on any atom is 0.325 e. The molecule has 154 valence electrons. The van der Waals surface area contributed by atoms with E-state index < -0.39 is 11.6 Å². The van der Waals surface area contributed by atoms with E-state index in [1.807, 2.05) is 32.0 Å². The number of imide groups is 1. The number of fused-ring (bicyclic) bond motifs is 1. The predicted octanol–water partition coefficient (Wildman–Crippen LogP) is 4.48. The van der Waals surface area contributed by atoms with E-state index in [4.69, 9.17) is 16.3 Å². The number of hydrogen-bond acceptors (Lipinski definition) is 4. The fraction of sp³-hybridized carbons (Fsp3) is 0.261. The molecule has 30 heavy (non-hydrogen) atoms. The highest BCUT2D eigenvalue weighted by molar-refractivity contribution is 6.30. The van der Waals surface area contributed by atoms with Gasteiger partial charge in [0.2, 0.25) is 0 Å². The Morgan fingerprint density at radius 2 is 1.83 bits per heavy atom. The second kappa shape index (κ2) is 7.29. The number of halogens is 1. The summed E-state index contributed by atoms with van der Waals surface area (Å²) in [6.07, 6.45) is 0. The summed E-state index contributed by atoms with van der Waals surface area (Å²) in [6, 6.07) is 12.5. The Morgan fingerprint density at radius 3 is 2.50 bits per heavy atom. The van der Waals surface area contributed by atoms with Crippen LogP contribution in [-0.2, 0) is 16.9 Å². The lowest BCUT2D eigenvalue weighted by Gasteiger charge is -2.22. The van der Waals surface area contributed by atoms with Gasteiger partial charge >= 0.3 is 6.03 Å². The molecule has 3 amide bonds. The van der Waals surface area contributed by atoms with Gasteiger partial charge in [-0.1, -0.05) is 35.9 Å².